The lowest BCUT2D eigenvalue weighted by Crippen LogP contribution is -2.47. The Hall–Kier alpha value is -1.22. The Morgan fingerprint density at radius 2 is 2.37 bits per heavy atom. The van der Waals surface area contributed by atoms with Crippen molar-refractivity contribution in [1.82, 2.24) is 9.55 Å². The fraction of sp³-hybridized carbons (Fsp3) is 0.600. The van der Waals surface area contributed by atoms with Gasteiger partial charge in [-0.1, -0.05) is 0 Å². The number of rotatable bonds is 3. The van der Waals surface area contributed by atoms with Crippen molar-refractivity contribution in [3.05, 3.63) is 22.7 Å². The Morgan fingerprint density at radius 1 is 1.68 bits per heavy atom. The van der Waals surface area contributed by atoms with Crippen molar-refractivity contribution >= 4 is 17.4 Å². The van der Waals surface area contributed by atoms with E-state index < -0.39 is 42.3 Å². The van der Waals surface area contributed by atoms with Crippen LogP contribution in [0.5, 0.6) is 0 Å². The van der Waals surface area contributed by atoms with Crippen molar-refractivity contribution in [3.63, 3.8) is 0 Å². The Bertz CT molecular complexity index is 522. The number of nitrogen functional groups attached to an aromatic ring is 1. The standard InChI is InChI=1S/C10H13ClFN3O4/c11-6-7(17)10(3-12,4-16)19-8(6)15-2-1-5(13)14-9(15)18/h1-2,6-8,16-17H,3-4H2,(H2,13,14,18). The number of ether oxygens (including phenoxy) is 1. The summed E-state index contributed by atoms with van der Waals surface area (Å²) in [4.78, 5) is 15.1. The third-order valence-electron chi connectivity index (χ3n) is 3.09. The largest absolute Gasteiger partial charge is 0.393 e. The van der Waals surface area contributed by atoms with E-state index in [1.807, 2.05) is 0 Å². The summed E-state index contributed by atoms with van der Waals surface area (Å²) in [6.07, 6.45) is -1.32. The first-order chi connectivity index (χ1) is 8.95. The lowest BCUT2D eigenvalue weighted by Gasteiger charge is -2.26. The van der Waals surface area contributed by atoms with Gasteiger partial charge in [0.25, 0.3) is 0 Å². The number of aliphatic hydroxyl groups excluding tert-OH is 2. The molecule has 0 aromatic carbocycles. The fourth-order valence-electron chi connectivity index (χ4n) is 1.93. The summed E-state index contributed by atoms with van der Waals surface area (Å²) in [6, 6.07) is 1.34. The Kier molecular flexibility index (Phi) is 3.77. The maximum absolute atomic E-state index is 13.0. The van der Waals surface area contributed by atoms with Gasteiger partial charge in [0.15, 0.2) is 6.23 Å². The second kappa shape index (κ2) is 5.04. The highest BCUT2D eigenvalue weighted by Crippen LogP contribution is 2.39. The van der Waals surface area contributed by atoms with Gasteiger partial charge in [0.2, 0.25) is 0 Å². The Morgan fingerprint density at radius 3 is 2.84 bits per heavy atom. The average Bonchev–Trinajstić information content (AvgIpc) is 2.64. The van der Waals surface area contributed by atoms with Gasteiger partial charge in [0.05, 0.1) is 6.61 Å². The molecular formula is C10H13ClFN3O4. The molecule has 4 atom stereocenters. The second-order valence-corrected chi connectivity index (χ2v) is 4.80. The number of hydrogen-bond donors (Lipinski definition) is 3. The molecule has 1 aliphatic rings. The summed E-state index contributed by atoms with van der Waals surface area (Å²) >= 11 is 5.95. The number of anilines is 1. The van der Waals surface area contributed by atoms with Crippen molar-refractivity contribution in [2.24, 2.45) is 0 Å². The van der Waals surface area contributed by atoms with Gasteiger partial charge in [0, 0.05) is 6.20 Å². The van der Waals surface area contributed by atoms with Gasteiger partial charge in [0.1, 0.15) is 29.6 Å². The summed E-state index contributed by atoms with van der Waals surface area (Å²) in [7, 11) is 0. The molecule has 9 heteroatoms. The minimum absolute atomic E-state index is 0.0184. The summed E-state index contributed by atoms with van der Waals surface area (Å²) in [5.41, 5.74) is 2.77. The smallest absolute Gasteiger partial charge is 0.351 e. The molecule has 0 bridgehead atoms. The first kappa shape index (κ1) is 14.2. The SMILES string of the molecule is Nc1ccn(C2OC(CO)(CF)C(O)C2Cl)c(=O)n1. The van der Waals surface area contributed by atoms with E-state index in [1.54, 1.807) is 0 Å². The van der Waals surface area contributed by atoms with Crippen LogP contribution in [0.2, 0.25) is 0 Å². The van der Waals surface area contributed by atoms with E-state index in [-0.39, 0.29) is 5.82 Å². The van der Waals surface area contributed by atoms with Crippen molar-refractivity contribution < 1.29 is 19.3 Å². The monoisotopic (exact) mass is 293 g/mol. The van der Waals surface area contributed by atoms with Crippen LogP contribution < -0.4 is 11.4 Å². The van der Waals surface area contributed by atoms with Gasteiger partial charge >= 0.3 is 5.69 Å². The highest BCUT2D eigenvalue weighted by molar-refractivity contribution is 6.21. The number of halogens is 2. The molecular weight excluding hydrogens is 281 g/mol. The molecule has 19 heavy (non-hydrogen) atoms. The molecule has 0 spiro atoms. The highest BCUT2D eigenvalue weighted by Gasteiger charge is 2.55. The number of nitrogens with two attached hydrogens (primary N) is 1. The summed E-state index contributed by atoms with van der Waals surface area (Å²) in [5.74, 6) is 0.0184. The van der Waals surface area contributed by atoms with E-state index in [1.165, 1.54) is 12.3 Å². The number of nitrogens with zero attached hydrogens (tertiary/aromatic N) is 2. The molecule has 1 aliphatic heterocycles. The number of hydrogen-bond acceptors (Lipinski definition) is 6. The summed E-state index contributed by atoms with van der Waals surface area (Å²) < 4.78 is 19.2. The van der Waals surface area contributed by atoms with Crippen LogP contribution in [0.1, 0.15) is 6.23 Å². The average molecular weight is 294 g/mol. The van der Waals surface area contributed by atoms with E-state index >= 15 is 0 Å². The van der Waals surface area contributed by atoms with E-state index in [9.17, 15) is 19.4 Å². The van der Waals surface area contributed by atoms with Gasteiger partial charge < -0.3 is 20.7 Å². The predicted molar refractivity (Wildman–Crippen MR) is 64.5 cm³/mol. The fourth-order valence-corrected chi connectivity index (χ4v) is 2.34. The molecule has 106 valence electrons. The van der Waals surface area contributed by atoms with Crippen LogP contribution in [0.4, 0.5) is 10.2 Å². The maximum Gasteiger partial charge on any atom is 0.351 e. The molecule has 0 aliphatic carbocycles. The third kappa shape index (κ3) is 2.20. The lowest BCUT2D eigenvalue weighted by atomic mass is 9.99. The van der Waals surface area contributed by atoms with E-state index in [2.05, 4.69) is 4.98 Å². The molecule has 4 N–H and O–H groups in total. The third-order valence-corrected chi connectivity index (χ3v) is 3.54. The molecule has 0 amide bonds. The number of aliphatic hydroxyl groups is 2. The van der Waals surface area contributed by atoms with Crippen LogP contribution >= 0.6 is 11.6 Å². The van der Waals surface area contributed by atoms with Crippen molar-refractivity contribution in [2.75, 3.05) is 19.0 Å². The molecule has 2 heterocycles. The van der Waals surface area contributed by atoms with E-state index in [0.29, 0.717) is 0 Å². The van der Waals surface area contributed by atoms with Crippen molar-refractivity contribution in [2.45, 2.75) is 23.3 Å². The van der Waals surface area contributed by atoms with Crippen LogP contribution in [-0.2, 0) is 4.74 Å². The Balaban J connectivity index is 2.39. The zero-order valence-electron chi connectivity index (χ0n) is 9.74. The van der Waals surface area contributed by atoms with Gasteiger partial charge in [-0.3, -0.25) is 4.57 Å². The molecule has 1 fully saturated rings. The minimum atomic E-state index is -1.84. The number of aromatic nitrogens is 2. The first-order valence-corrected chi connectivity index (χ1v) is 5.90. The Labute approximate surface area is 112 Å². The van der Waals surface area contributed by atoms with Crippen molar-refractivity contribution in [1.29, 1.82) is 0 Å². The molecule has 1 aromatic rings. The van der Waals surface area contributed by atoms with Gasteiger partial charge in [-0.05, 0) is 6.07 Å². The predicted octanol–water partition coefficient (Wildman–Crippen LogP) is -0.977. The van der Waals surface area contributed by atoms with E-state index in [0.717, 1.165) is 4.57 Å². The topological polar surface area (TPSA) is 111 Å². The van der Waals surface area contributed by atoms with Gasteiger partial charge in [-0.2, -0.15) is 4.98 Å². The molecule has 1 saturated heterocycles. The lowest BCUT2D eigenvalue weighted by molar-refractivity contribution is -0.137. The van der Waals surface area contributed by atoms with Gasteiger partial charge in [-0.15, -0.1) is 11.6 Å². The first-order valence-electron chi connectivity index (χ1n) is 5.46. The normalized spacial score (nSPS) is 34.6. The molecule has 4 unspecified atom stereocenters. The van der Waals surface area contributed by atoms with Crippen LogP contribution in [0, 0.1) is 0 Å². The second-order valence-electron chi connectivity index (χ2n) is 4.30. The quantitative estimate of drug-likeness (QED) is 0.618. The van der Waals surface area contributed by atoms with Crippen LogP contribution in [0.15, 0.2) is 17.1 Å². The molecule has 0 radical (unpaired) electrons. The van der Waals surface area contributed by atoms with Crippen molar-refractivity contribution in [3.8, 4) is 0 Å². The van der Waals surface area contributed by atoms with Crippen LogP contribution in [0.3, 0.4) is 0 Å². The minimum Gasteiger partial charge on any atom is -0.393 e. The molecule has 2 rings (SSSR count). The van der Waals surface area contributed by atoms with Crippen LogP contribution in [-0.4, -0.2) is 50.1 Å². The highest BCUT2D eigenvalue weighted by atomic mass is 35.5. The van der Waals surface area contributed by atoms with Gasteiger partial charge in [-0.25, -0.2) is 9.18 Å². The number of alkyl halides is 2. The maximum atomic E-state index is 13.0. The summed E-state index contributed by atoms with van der Waals surface area (Å²) in [5, 5.41) is 17.9. The van der Waals surface area contributed by atoms with E-state index in [4.69, 9.17) is 22.1 Å². The zero-order valence-corrected chi connectivity index (χ0v) is 10.5. The molecule has 1 aromatic heterocycles. The van der Waals surface area contributed by atoms with Crippen LogP contribution in [0.25, 0.3) is 0 Å². The molecule has 0 saturated carbocycles. The zero-order chi connectivity index (χ0) is 14.2. The summed E-state index contributed by atoms with van der Waals surface area (Å²) in [6.45, 7) is -1.90. The molecule has 7 nitrogen and oxygen atoms in total.